The summed E-state index contributed by atoms with van der Waals surface area (Å²) in [7, 11) is 0. The topological polar surface area (TPSA) is 61.8 Å². The van der Waals surface area contributed by atoms with Crippen molar-refractivity contribution in [1.29, 1.82) is 0 Å². The van der Waals surface area contributed by atoms with Crippen molar-refractivity contribution >= 4 is 17.5 Å². The lowest BCUT2D eigenvalue weighted by Gasteiger charge is -2.35. The summed E-state index contributed by atoms with van der Waals surface area (Å²) in [5.41, 5.74) is 0.583. The van der Waals surface area contributed by atoms with Gasteiger partial charge in [-0.25, -0.2) is 0 Å². The number of hydrogen-bond donors (Lipinski definition) is 0. The van der Waals surface area contributed by atoms with Gasteiger partial charge >= 0.3 is 0 Å². The van der Waals surface area contributed by atoms with E-state index in [4.69, 9.17) is 4.74 Å². The van der Waals surface area contributed by atoms with Crippen LogP contribution in [-0.2, 0) is 0 Å². The highest BCUT2D eigenvalue weighted by Gasteiger charge is 2.25. The maximum Gasteiger partial charge on any atom is 0.257 e. The highest BCUT2D eigenvalue weighted by Crippen LogP contribution is 2.27. The predicted octanol–water partition coefficient (Wildman–Crippen LogP) is 3.83. The van der Waals surface area contributed by atoms with Gasteiger partial charge in [0.15, 0.2) is 11.6 Å². The first-order valence-electron chi connectivity index (χ1n) is 11.2. The molecule has 164 valence electrons. The van der Waals surface area contributed by atoms with Crippen molar-refractivity contribution < 1.29 is 9.53 Å². The molecule has 1 amide bonds. The van der Waals surface area contributed by atoms with Gasteiger partial charge in [0.25, 0.3) is 5.91 Å². The summed E-state index contributed by atoms with van der Waals surface area (Å²) < 4.78 is 5.99. The number of amides is 1. The van der Waals surface area contributed by atoms with E-state index >= 15 is 0 Å². The fraction of sp³-hybridized carbons (Fsp3) is 0.320. The summed E-state index contributed by atoms with van der Waals surface area (Å²) in [6, 6.07) is 21.1. The van der Waals surface area contributed by atoms with E-state index in [2.05, 4.69) is 26.1 Å². The fourth-order valence-corrected chi connectivity index (χ4v) is 4.26. The summed E-state index contributed by atoms with van der Waals surface area (Å²) in [6.07, 6.45) is 2.44. The third-order valence-electron chi connectivity index (χ3n) is 6.05. The number of nitrogens with zero attached hydrogens (tertiary/aromatic N) is 5. The number of benzene rings is 2. The summed E-state index contributed by atoms with van der Waals surface area (Å²) in [5.74, 6) is 3.11. The maximum absolute atomic E-state index is 13.2. The van der Waals surface area contributed by atoms with Crippen LogP contribution in [0, 0.1) is 0 Å². The molecule has 0 spiro atoms. The predicted molar refractivity (Wildman–Crippen MR) is 125 cm³/mol. The zero-order valence-electron chi connectivity index (χ0n) is 18.1. The number of anilines is 2. The van der Waals surface area contributed by atoms with Crippen LogP contribution in [0.3, 0.4) is 0 Å². The Morgan fingerprint density at radius 3 is 1.94 bits per heavy atom. The number of aromatic nitrogens is 2. The number of carbonyl (C=O) groups is 1. The van der Waals surface area contributed by atoms with E-state index in [1.54, 1.807) is 0 Å². The highest BCUT2D eigenvalue weighted by molar-refractivity contribution is 5.97. The number of hydrogen-bond acceptors (Lipinski definition) is 6. The summed E-state index contributed by atoms with van der Waals surface area (Å²) >= 11 is 0. The van der Waals surface area contributed by atoms with Crippen molar-refractivity contribution in [2.45, 2.75) is 12.8 Å². The molecule has 0 aliphatic carbocycles. The van der Waals surface area contributed by atoms with Gasteiger partial charge in [0.2, 0.25) is 0 Å². The largest absolute Gasteiger partial charge is 0.457 e. The number of rotatable bonds is 5. The molecule has 7 nitrogen and oxygen atoms in total. The number of para-hydroxylation sites is 2. The van der Waals surface area contributed by atoms with Crippen LogP contribution < -0.4 is 14.5 Å². The van der Waals surface area contributed by atoms with Crippen LogP contribution >= 0.6 is 0 Å². The zero-order valence-corrected chi connectivity index (χ0v) is 18.1. The van der Waals surface area contributed by atoms with Crippen LogP contribution in [0.4, 0.5) is 11.6 Å². The van der Waals surface area contributed by atoms with Crippen LogP contribution in [0.5, 0.6) is 11.5 Å². The average molecular weight is 430 g/mol. The van der Waals surface area contributed by atoms with Gasteiger partial charge in [-0.1, -0.05) is 30.3 Å². The lowest BCUT2D eigenvalue weighted by molar-refractivity contribution is 0.0744. The first-order valence-corrected chi connectivity index (χ1v) is 11.2. The normalized spacial score (nSPS) is 16.3. The Bertz CT molecular complexity index is 1040. The van der Waals surface area contributed by atoms with Crippen LogP contribution in [-0.4, -0.2) is 60.3 Å². The Morgan fingerprint density at radius 2 is 1.28 bits per heavy atom. The molecule has 0 atom stereocenters. The van der Waals surface area contributed by atoms with Gasteiger partial charge in [0.05, 0.1) is 5.56 Å². The van der Waals surface area contributed by atoms with Gasteiger partial charge < -0.3 is 19.4 Å². The first kappa shape index (κ1) is 20.3. The van der Waals surface area contributed by atoms with E-state index in [9.17, 15) is 4.79 Å². The van der Waals surface area contributed by atoms with Gasteiger partial charge in [-0.15, -0.1) is 10.2 Å². The molecule has 2 saturated heterocycles. The van der Waals surface area contributed by atoms with E-state index in [0.717, 1.165) is 37.8 Å². The molecule has 0 saturated carbocycles. The van der Waals surface area contributed by atoms with E-state index < -0.39 is 0 Å². The summed E-state index contributed by atoms with van der Waals surface area (Å²) in [5, 5.41) is 8.87. The van der Waals surface area contributed by atoms with Gasteiger partial charge in [-0.05, 0) is 49.2 Å². The molecule has 2 aromatic carbocycles. The van der Waals surface area contributed by atoms with Crippen molar-refractivity contribution in [1.82, 2.24) is 15.1 Å². The van der Waals surface area contributed by atoms with Crippen molar-refractivity contribution in [2.24, 2.45) is 0 Å². The molecule has 2 aliphatic heterocycles. The SMILES string of the molecule is O=C(c1ccccc1Oc1ccccc1)N1CCN(c2ccc(N3CCCC3)nn2)CC1. The van der Waals surface area contributed by atoms with Gasteiger partial charge in [0, 0.05) is 39.3 Å². The molecular weight excluding hydrogens is 402 g/mol. The Balaban J connectivity index is 1.22. The quantitative estimate of drug-likeness (QED) is 0.614. The number of piperazine rings is 1. The minimum atomic E-state index is -0.00773. The molecule has 7 heteroatoms. The molecule has 1 aromatic heterocycles. The Morgan fingerprint density at radius 1 is 0.688 bits per heavy atom. The van der Waals surface area contributed by atoms with Crippen molar-refractivity contribution in [3.05, 3.63) is 72.3 Å². The smallest absolute Gasteiger partial charge is 0.257 e. The summed E-state index contributed by atoms with van der Waals surface area (Å²) in [4.78, 5) is 19.6. The first-order chi connectivity index (χ1) is 15.8. The van der Waals surface area contributed by atoms with Crippen molar-refractivity contribution in [3.8, 4) is 11.5 Å². The van der Waals surface area contributed by atoms with Gasteiger partial charge in [-0.2, -0.15) is 0 Å². The average Bonchev–Trinajstić information content (AvgIpc) is 3.40. The molecule has 0 unspecified atom stereocenters. The third-order valence-corrected chi connectivity index (χ3v) is 6.05. The standard InChI is InChI=1S/C25H27N5O2/c31-25(21-10-4-5-11-22(21)32-20-8-2-1-3-9-20)30-18-16-29(17-19-30)24-13-12-23(26-27-24)28-14-6-7-15-28/h1-5,8-13H,6-7,14-19H2. The third kappa shape index (κ3) is 4.37. The molecule has 2 aliphatic rings. The molecule has 3 heterocycles. The molecule has 0 N–H and O–H groups in total. The van der Waals surface area contributed by atoms with Crippen LogP contribution in [0.2, 0.25) is 0 Å². The summed E-state index contributed by atoms with van der Waals surface area (Å²) in [6.45, 7) is 4.84. The molecule has 5 rings (SSSR count). The lowest BCUT2D eigenvalue weighted by Crippen LogP contribution is -2.49. The monoisotopic (exact) mass is 429 g/mol. The Labute approximate surface area is 188 Å². The molecule has 32 heavy (non-hydrogen) atoms. The second-order valence-electron chi connectivity index (χ2n) is 8.13. The number of carbonyl (C=O) groups excluding carboxylic acids is 1. The Kier molecular flexibility index (Phi) is 5.87. The second-order valence-corrected chi connectivity index (χ2v) is 8.13. The minimum Gasteiger partial charge on any atom is -0.457 e. The highest BCUT2D eigenvalue weighted by atomic mass is 16.5. The van der Waals surface area contributed by atoms with E-state index in [1.807, 2.05) is 65.6 Å². The second kappa shape index (κ2) is 9.26. The molecule has 2 fully saturated rings. The van der Waals surface area contributed by atoms with Crippen LogP contribution in [0.1, 0.15) is 23.2 Å². The van der Waals surface area contributed by atoms with Crippen LogP contribution in [0.25, 0.3) is 0 Å². The molecule has 0 radical (unpaired) electrons. The maximum atomic E-state index is 13.2. The zero-order chi connectivity index (χ0) is 21.8. The van der Waals surface area contributed by atoms with Crippen molar-refractivity contribution in [2.75, 3.05) is 49.1 Å². The molecule has 0 bridgehead atoms. The van der Waals surface area contributed by atoms with Gasteiger partial charge in [0.1, 0.15) is 11.5 Å². The minimum absolute atomic E-state index is 0.00773. The fourth-order valence-electron chi connectivity index (χ4n) is 4.26. The number of ether oxygens (including phenoxy) is 1. The van der Waals surface area contributed by atoms with E-state index in [-0.39, 0.29) is 5.91 Å². The van der Waals surface area contributed by atoms with Crippen molar-refractivity contribution in [3.63, 3.8) is 0 Å². The molecular formula is C25H27N5O2. The Hall–Kier alpha value is -3.61. The van der Waals surface area contributed by atoms with Gasteiger partial charge in [-0.3, -0.25) is 4.79 Å². The molecule has 3 aromatic rings. The van der Waals surface area contributed by atoms with E-state index in [1.165, 1.54) is 12.8 Å². The van der Waals surface area contributed by atoms with E-state index in [0.29, 0.717) is 30.2 Å². The lowest BCUT2D eigenvalue weighted by atomic mass is 10.1. The van der Waals surface area contributed by atoms with Crippen LogP contribution in [0.15, 0.2) is 66.7 Å².